The van der Waals surface area contributed by atoms with Crippen LogP contribution in [0.15, 0.2) is 47.4 Å². The number of benzene rings is 2. The summed E-state index contributed by atoms with van der Waals surface area (Å²) in [5, 5.41) is 6.12. The molecule has 2 aromatic carbocycles. The number of piperidine rings is 1. The van der Waals surface area contributed by atoms with Gasteiger partial charge in [-0.25, -0.2) is 31.0 Å². The van der Waals surface area contributed by atoms with E-state index < -0.39 is 73.5 Å². The first-order chi connectivity index (χ1) is 21.2. The van der Waals surface area contributed by atoms with E-state index >= 15 is 13.2 Å². The lowest BCUT2D eigenvalue weighted by atomic mass is 10.0. The molecule has 0 aliphatic carbocycles. The number of nitrogens with one attached hydrogen (secondary N) is 3. The van der Waals surface area contributed by atoms with E-state index in [2.05, 4.69) is 20.6 Å². The Bertz CT molecular complexity index is 1940. The smallest absolute Gasteiger partial charge is 0.350 e. The van der Waals surface area contributed by atoms with Crippen molar-refractivity contribution in [3.63, 3.8) is 0 Å². The number of hydrogen-bond acceptors (Lipinski definition) is 7. The molecule has 1 aliphatic heterocycles. The molecule has 4 aromatic rings. The largest absolute Gasteiger partial charge is 0.416 e. The third-order valence-electron chi connectivity index (χ3n) is 7.09. The summed E-state index contributed by atoms with van der Waals surface area (Å²) < 4.78 is 126. The van der Waals surface area contributed by atoms with Crippen LogP contribution in [-0.4, -0.2) is 48.3 Å². The maximum Gasteiger partial charge on any atom is 0.416 e. The van der Waals surface area contributed by atoms with E-state index in [4.69, 9.17) is 0 Å². The Hall–Kier alpha value is -4.25. The second kappa shape index (κ2) is 12.3. The van der Waals surface area contributed by atoms with Gasteiger partial charge in [-0.1, -0.05) is 18.2 Å². The number of aromatic nitrogens is 3. The fourth-order valence-electron chi connectivity index (χ4n) is 5.03. The first kappa shape index (κ1) is 32.2. The first-order valence-electron chi connectivity index (χ1n) is 13.5. The quantitative estimate of drug-likeness (QED) is 0.181. The zero-order valence-electron chi connectivity index (χ0n) is 23.4. The molecule has 9 nitrogen and oxygen atoms in total. The second-order valence-electron chi connectivity index (χ2n) is 10.4. The van der Waals surface area contributed by atoms with Gasteiger partial charge in [-0.15, -0.1) is 0 Å². The number of hydrogen-bond donors (Lipinski definition) is 3. The molecule has 0 radical (unpaired) electrons. The van der Waals surface area contributed by atoms with E-state index in [0.717, 1.165) is 28.8 Å². The van der Waals surface area contributed by atoms with Gasteiger partial charge in [-0.2, -0.15) is 18.2 Å². The molecule has 5 rings (SSSR count). The van der Waals surface area contributed by atoms with Crippen LogP contribution in [-0.2, 0) is 28.5 Å². The van der Waals surface area contributed by atoms with E-state index in [9.17, 15) is 30.8 Å². The van der Waals surface area contributed by atoms with Gasteiger partial charge in [0.2, 0.25) is 16.0 Å². The van der Waals surface area contributed by atoms with Gasteiger partial charge in [-0.05, 0) is 30.7 Å². The highest BCUT2D eigenvalue weighted by molar-refractivity contribution is 7.91. The number of pyridine rings is 1. The number of sulfonamides is 1. The van der Waals surface area contributed by atoms with Crippen LogP contribution in [0.2, 0.25) is 0 Å². The first-order valence-corrected chi connectivity index (χ1v) is 15.2. The van der Waals surface area contributed by atoms with E-state index in [1.165, 1.54) is 6.20 Å². The molecule has 1 saturated heterocycles. The average molecular weight is 659 g/mol. The molecule has 0 bridgehead atoms. The minimum atomic E-state index is -4.76. The van der Waals surface area contributed by atoms with Crippen molar-refractivity contribution in [1.82, 2.24) is 19.9 Å². The van der Waals surface area contributed by atoms with Crippen LogP contribution in [0, 0.1) is 17.5 Å². The fourth-order valence-corrected chi connectivity index (χ4v) is 6.22. The zero-order chi connectivity index (χ0) is 32.7. The number of halogens is 7. The molecule has 0 amide bonds. The van der Waals surface area contributed by atoms with Gasteiger partial charge in [0.25, 0.3) is 5.56 Å². The monoisotopic (exact) mass is 658 g/mol. The second-order valence-corrected chi connectivity index (χ2v) is 12.1. The molecule has 2 atom stereocenters. The van der Waals surface area contributed by atoms with Gasteiger partial charge in [0.1, 0.15) is 17.5 Å². The Labute approximate surface area is 251 Å². The van der Waals surface area contributed by atoms with Crippen molar-refractivity contribution in [2.75, 3.05) is 23.1 Å². The van der Waals surface area contributed by atoms with Gasteiger partial charge in [0.05, 0.1) is 16.9 Å². The molecule has 3 N–H and O–H groups in total. The lowest BCUT2D eigenvalue weighted by Gasteiger charge is -2.26. The van der Waals surface area contributed by atoms with Gasteiger partial charge >= 0.3 is 6.18 Å². The molecule has 1 fully saturated rings. The molecule has 17 heteroatoms. The molecular formula is C28H25F7N6O3S. The Morgan fingerprint density at radius 2 is 1.82 bits per heavy atom. The molecule has 3 heterocycles. The Balaban J connectivity index is 1.47. The maximum absolute atomic E-state index is 15.4. The number of nitrogens with zero attached hydrogens (tertiary/aromatic N) is 3. The molecule has 0 unspecified atom stereocenters. The van der Waals surface area contributed by atoms with Crippen molar-refractivity contribution in [1.29, 1.82) is 0 Å². The van der Waals surface area contributed by atoms with Crippen molar-refractivity contribution in [2.24, 2.45) is 0 Å². The van der Waals surface area contributed by atoms with Crippen LogP contribution in [0.1, 0.15) is 24.5 Å². The Morgan fingerprint density at radius 1 is 1.07 bits per heavy atom. The third-order valence-corrected chi connectivity index (χ3v) is 8.32. The minimum Gasteiger partial charge on any atom is -0.350 e. The highest BCUT2D eigenvalue weighted by Gasteiger charge is 2.31. The number of aryl methyl sites for hydroxylation is 1. The summed E-state index contributed by atoms with van der Waals surface area (Å²) in [5.74, 6) is -6.31. The van der Waals surface area contributed by atoms with Crippen molar-refractivity contribution in [3.8, 4) is 11.1 Å². The standard InChI is InChI=1S/C28H25F7N6O3S/c1-2-41-25-15(10-37-27(39-25)38-18-8-17(29)11-36-12-18)7-20(26(41)42)19-9-21(30)24(23(32)22(19)31)40-45(43,44)13-14-4-3-5-16(6-14)28(33,34)35/h3-7,9-10,17-18,36,40H,2,8,11-13H2,1H3,(H,37,38,39)/t17-,18-/m0/s1. The average Bonchev–Trinajstić information content (AvgIpc) is 2.96. The number of anilines is 2. The fraction of sp³-hybridized carbons (Fsp3) is 0.321. The lowest BCUT2D eigenvalue weighted by Crippen LogP contribution is -2.44. The highest BCUT2D eigenvalue weighted by atomic mass is 32.2. The number of fused-ring (bicyclic) bond motifs is 1. The molecule has 45 heavy (non-hydrogen) atoms. The molecule has 0 spiro atoms. The van der Waals surface area contributed by atoms with Gasteiger partial charge in [0, 0.05) is 49.2 Å². The summed E-state index contributed by atoms with van der Waals surface area (Å²) in [5.41, 5.74) is -4.92. The van der Waals surface area contributed by atoms with E-state index in [1.54, 1.807) is 11.6 Å². The summed E-state index contributed by atoms with van der Waals surface area (Å²) in [7, 11) is -4.73. The maximum atomic E-state index is 15.4. The van der Waals surface area contributed by atoms with Crippen LogP contribution < -0.4 is 20.9 Å². The summed E-state index contributed by atoms with van der Waals surface area (Å²) in [6.45, 7) is 2.27. The topological polar surface area (TPSA) is 118 Å². The highest BCUT2D eigenvalue weighted by Crippen LogP contribution is 2.33. The molecular weight excluding hydrogens is 633 g/mol. The molecule has 1 aliphatic rings. The van der Waals surface area contributed by atoms with E-state index in [1.807, 2.05) is 0 Å². The molecule has 240 valence electrons. The summed E-state index contributed by atoms with van der Waals surface area (Å²) in [6.07, 6.45) is -4.33. The summed E-state index contributed by atoms with van der Waals surface area (Å²) >= 11 is 0. The Kier molecular flexibility index (Phi) is 8.77. The van der Waals surface area contributed by atoms with Crippen molar-refractivity contribution < 1.29 is 39.2 Å². The predicted octanol–water partition coefficient (Wildman–Crippen LogP) is 4.97. The van der Waals surface area contributed by atoms with E-state index in [0.29, 0.717) is 18.7 Å². The van der Waals surface area contributed by atoms with Gasteiger partial charge < -0.3 is 10.6 Å². The van der Waals surface area contributed by atoms with Crippen LogP contribution in [0.4, 0.5) is 42.4 Å². The summed E-state index contributed by atoms with van der Waals surface area (Å²) in [6, 6.07) is 4.55. The van der Waals surface area contributed by atoms with Crippen LogP contribution in [0.25, 0.3) is 22.2 Å². The van der Waals surface area contributed by atoms with Gasteiger partial charge in [-0.3, -0.25) is 14.1 Å². The zero-order valence-corrected chi connectivity index (χ0v) is 24.2. The molecule has 2 aromatic heterocycles. The molecule has 0 saturated carbocycles. The van der Waals surface area contributed by atoms with Crippen LogP contribution >= 0.6 is 0 Å². The predicted molar refractivity (Wildman–Crippen MR) is 152 cm³/mol. The normalized spacial score (nSPS) is 17.4. The van der Waals surface area contributed by atoms with Crippen molar-refractivity contribution in [2.45, 2.75) is 44.0 Å². The minimum absolute atomic E-state index is 0.0111. The SMILES string of the molecule is CCn1c(=O)c(-c2cc(F)c(NS(=O)(=O)Cc3cccc(C(F)(F)F)c3)c(F)c2F)cc2cnc(N[C@@H]3CNC[C@@H](F)C3)nc21. The third kappa shape index (κ3) is 6.88. The van der Waals surface area contributed by atoms with Gasteiger partial charge in [0.15, 0.2) is 17.5 Å². The van der Waals surface area contributed by atoms with Crippen molar-refractivity contribution in [3.05, 3.63) is 81.5 Å². The summed E-state index contributed by atoms with van der Waals surface area (Å²) in [4.78, 5) is 21.9. The van der Waals surface area contributed by atoms with E-state index in [-0.39, 0.29) is 48.1 Å². The lowest BCUT2D eigenvalue weighted by molar-refractivity contribution is -0.137. The number of alkyl halides is 4. The number of rotatable bonds is 8. The Morgan fingerprint density at radius 3 is 2.51 bits per heavy atom. The van der Waals surface area contributed by atoms with Crippen molar-refractivity contribution >= 4 is 32.7 Å². The van der Waals surface area contributed by atoms with Crippen LogP contribution in [0.5, 0.6) is 0 Å². The van der Waals surface area contributed by atoms with Crippen LogP contribution in [0.3, 0.4) is 0 Å².